The van der Waals surface area contributed by atoms with Crippen molar-refractivity contribution in [2.24, 2.45) is 4.99 Å². The first-order valence-corrected chi connectivity index (χ1v) is 11.2. The summed E-state index contributed by atoms with van der Waals surface area (Å²) in [7, 11) is -3.16. The minimum atomic E-state index is -3.16. The van der Waals surface area contributed by atoms with Crippen LogP contribution in [0.15, 0.2) is 52.5 Å². The van der Waals surface area contributed by atoms with Gasteiger partial charge >= 0.3 is 0 Å². The lowest BCUT2D eigenvalue weighted by molar-refractivity contribution is 0.323. The minimum Gasteiger partial charge on any atom is -0.478 e. The van der Waals surface area contributed by atoms with Crippen LogP contribution in [0.3, 0.4) is 0 Å². The van der Waals surface area contributed by atoms with Gasteiger partial charge in [0, 0.05) is 31.1 Å². The van der Waals surface area contributed by atoms with Crippen LogP contribution in [0.5, 0.6) is 5.88 Å². The zero-order chi connectivity index (χ0) is 20.4. The van der Waals surface area contributed by atoms with Crippen LogP contribution in [0.2, 0.25) is 0 Å². The molecule has 1 heterocycles. The van der Waals surface area contributed by atoms with Crippen molar-refractivity contribution in [3.05, 3.63) is 53.7 Å². The highest BCUT2D eigenvalue weighted by molar-refractivity contribution is 7.90. The summed E-state index contributed by atoms with van der Waals surface area (Å²) in [5.74, 6) is 1.32. The number of hydrogen-bond donors (Lipinski definition) is 2. The van der Waals surface area contributed by atoms with E-state index < -0.39 is 9.84 Å². The van der Waals surface area contributed by atoms with Crippen molar-refractivity contribution in [2.75, 3.05) is 26.0 Å². The first-order valence-electron chi connectivity index (χ1n) is 9.32. The normalized spacial score (nSPS) is 11.9. The van der Waals surface area contributed by atoms with Gasteiger partial charge < -0.3 is 15.4 Å². The van der Waals surface area contributed by atoms with Gasteiger partial charge in [-0.2, -0.15) is 0 Å². The van der Waals surface area contributed by atoms with Crippen LogP contribution in [0, 0.1) is 0 Å². The lowest BCUT2D eigenvalue weighted by Crippen LogP contribution is -2.38. The number of sulfone groups is 1. The Morgan fingerprint density at radius 1 is 1.14 bits per heavy atom. The SMILES string of the molecule is CCNC(=NCc1cccnc1OCC)NCCc1ccc(S(C)(=O)=O)cc1. The molecule has 7 nitrogen and oxygen atoms in total. The summed E-state index contributed by atoms with van der Waals surface area (Å²) >= 11 is 0. The average Bonchev–Trinajstić information content (AvgIpc) is 2.67. The second-order valence-electron chi connectivity index (χ2n) is 6.19. The fraction of sp³-hybridized carbons (Fsp3) is 0.400. The van der Waals surface area contributed by atoms with E-state index in [9.17, 15) is 8.42 Å². The Kier molecular flexibility index (Phi) is 8.25. The third-order valence-corrected chi connectivity index (χ3v) is 5.07. The molecule has 1 aromatic heterocycles. The van der Waals surface area contributed by atoms with E-state index in [2.05, 4.69) is 20.6 Å². The number of nitrogens with one attached hydrogen (secondary N) is 2. The van der Waals surface area contributed by atoms with Gasteiger partial charge in [0.25, 0.3) is 0 Å². The molecule has 0 unspecified atom stereocenters. The van der Waals surface area contributed by atoms with Crippen molar-refractivity contribution in [1.82, 2.24) is 15.6 Å². The number of guanidine groups is 1. The highest BCUT2D eigenvalue weighted by atomic mass is 32.2. The van der Waals surface area contributed by atoms with Crippen LogP contribution in [0.1, 0.15) is 25.0 Å². The zero-order valence-corrected chi connectivity index (χ0v) is 17.4. The van der Waals surface area contributed by atoms with Gasteiger partial charge in [0.05, 0.1) is 18.0 Å². The quantitative estimate of drug-likeness (QED) is 0.492. The summed E-state index contributed by atoms with van der Waals surface area (Å²) in [6, 6.07) is 10.8. The molecule has 0 aliphatic heterocycles. The second kappa shape index (κ2) is 10.7. The first kappa shape index (κ1) is 21.7. The summed E-state index contributed by atoms with van der Waals surface area (Å²) in [6.45, 7) is 6.38. The number of rotatable bonds is 9. The molecule has 0 bridgehead atoms. The average molecular weight is 405 g/mol. The lowest BCUT2D eigenvalue weighted by Gasteiger charge is -2.12. The Morgan fingerprint density at radius 2 is 1.89 bits per heavy atom. The molecule has 0 spiro atoms. The summed E-state index contributed by atoms with van der Waals surface area (Å²) in [5, 5.41) is 6.51. The van der Waals surface area contributed by atoms with Crippen molar-refractivity contribution in [3.8, 4) is 5.88 Å². The molecule has 152 valence electrons. The van der Waals surface area contributed by atoms with Crippen LogP contribution in [0.4, 0.5) is 0 Å². The van der Waals surface area contributed by atoms with E-state index in [1.807, 2.05) is 38.1 Å². The van der Waals surface area contributed by atoms with E-state index in [1.54, 1.807) is 18.3 Å². The lowest BCUT2D eigenvalue weighted by atomic mass is 10.1. The molecule has 2 aromatic rings. The molecule has 0 atom stereocenters. The van der Waals surface area contributed by atoms with E-state index in [1.165, 1.54) is 6.26 Å². The standard InChI is InChI=1S/C20H28N4O3S/c1-4-21-20(24-15-17-7-6-13-22-19(17)27-5-2)23-14-12-16-8-10-18(11-9-16)28(3,25)26/h6-11,13H,4-5,12,14-15H2,1-3H3,(H2,21,23,24). The summed E-state index contributed by atoms with van der Waals surface area (Å²) in [5.41, 5.74) is 1.99. The van der Waals surface area contributed by atoms with Gasteiger partial charge in [0.1, 0.15) is 0 Å². The Hall–Kier alpha value is -2.61. The highest BCUT2D eigenvalue weighted by Gasteiger charge is 2.07. The third-order valence-electron chi connectivity index (χ3n) is 3.94. The van der Waals surface area contributed by atoms with Gasteiger partial charge in [-0.25, -0.2) is 18.4 Å². The molecule has 0 aliphatic carbocycles. The van der Waals surface area contributed by atoms with Crippen molar-refractivity contribution in [2.45, 2.75) is 31.7 Å². The van der Waals surface area contributed by atoms with E-state index in [-0.39, 0.29) is 0 Å². The van der Waals surface area contributed by atoms with Crippen molar-refractivity contribution >= 4 is 15.8 Å². The fourth-order valence-electron chi connectivity index (χ4n) is 2.55. The molecular weight excluding hydrogens is 376 g/mol. The van der Waals surface area contributed by atoms with Crippen LogP contribution < -0.4 is 15.4 Å². The number of aromatic nitrogens is 1. The highest BCUT2D eigenvalue weighted by Crippen LogP contribution is 2.15. The zero-order valence-electron chi connectivity index (χ0n) is 16.6. The van der Waals surface area contributed by atoms with Gasteiger partial charge in [0.15, 0.2) is 15.8 Å². The van der Waals surface area contributed by atoms with Gasteiger partial charge in [-0.1, -0.05) is 18.2 Å². The maximum atomic E-state index is 11.5. The number of hydrogen-bond acceptors (Lipinski definition) is 5. The topological polar surface area (TPSA) is 92.7 Å². The molecule has 0 aliphatic rings. The predicted octanol–water partition coefficient (Wildman–Crippen LogP) is 2.18. The summed E-state index contributed by atoms with van der Waals surface area (Å²) < 4.78 is 28.6. The van der Waals surface area contributed by atoms with Crippen LogP contribution in [0.25, 0.3) is 0 Å². The minimum absolute atomic E-state index is 0.334. The molecular formula is C20H28N4O3S. The van der Waals surface area contributed by atoms with Crippen LogP contribution >= 0.6 is 0 Å². The smallest absolute Gasteiger partial charge is 0.218 e. The van der Waals surface area contributed by atoms with Crippen molar-refractivity contribution in [1.29, 1.82) is 0 Å². The Balaban J connectivity index is 1.94. The maximum absolute atomic E-state index is 11.5. The molecule has 1 aromatic carbocycles. The third kappa shape index (κ3) is 6.84. The molecule has 2 rings (SSSR count). The predicted molar refractivity (Wildman–Crippen MR) is 111 cm³/mol. The molecule has 0 saturated carbocycles. The van der Waals surface area contributed by atoms with Gasteiger partial charge in [-0.15, -0.1) is 0 Å². The Morgan fingerprint density at radius 3 is 2.54 bits per heavy atom. The summed E-state index contributed by atoms with van der Waals surface area (Å²) in [6.07, 6.45) is 3.67. The number of pyridine rings is 1. The maximum Gasteiger partial charge on any atom is 0.218 e. The van der Waals surface area contributed by atoms with Crippen molar-refractivity contribution < 1.29 is 13.2 Å². The largest absolute Gasteiger partial charge is 0.478 e. The Bertz CT molecular complexity index is 881. The molecule has 0 fully saturated rings. The Labute approximate surface area is 167 Å². The van der Waals surface area contributed by atoms with Crippen molar-refractivity contribution in [3.63, 3.8) is 0 Å². The molecule has 0 saturated heterocycles. The van der Waals surface area contributed by atoms with E-state index in [0.29, 0.717) is 36.4 Å². The molecule has 28 heavy (non-hydrogen) atoms. The molecule has 0 radical (unpaired) electrons. The number of nitrogens with zero attached hydrogens (tertiary/aromatic N) is 2. The molecule has 0 amide bonds. The first-order chi connectivity index (χ1) is 13.4. The van der Waals surface area contributed by atoms with Crippen LogP contribution in [-0.4, -0.2) is 45.3 Å². The monoisotopic (exact) mass is 404 g/mol. The second-order valence-corrected chi connectivity index (χ2v) is 8.20. The van der Waals surface area contributed by atoms with Gasteiger partial charge in [-0.3, -0.25) is 0 Å². The van der Waals surface area contributed by atoms with E-state index >= 15 is 0 Å². The number of ether oxygens (including phenoxy) is 1. The van der Waals surface area contributed by atoms with Crippen LogP contribution in [-0.2, 0) is 22.8 Å². The van der Waals surface area contributed by atoms with E-state index in [0.717, 1.165) is 24.1 Å². The van der Waals surface area contributed by atoms with Gasteiger partial charge in [-0.05, 0) is 44.0 Å². The fourth-order valence-corrected chi connectivity index (χ4v) is 3.18. The van der Waals surface area contributed by atoms with E-state index in [4.69, 9.17) is 4.74 Å². The molecule has 2 N–H and O–H groups in total. The number of aliphatic imine (C=N–C) groups is 1. The van der Waals surface area contributed by atoms with Gasteiger partial charge in [0.2, 0.25) is 5.88 Å². The summed E-state index contributed by atoms with van der Waals surface area (Å²) in [4.78, 5) is 9.18. The number of benzene rings is 1. The molecule has 8 heteroatoms.